The van der Waals surface area contributed by atoms with Crippen molar-refractivity contribution in [1.82, 2.24) is 0 Å². The minimum Gasteiger partial charge on any atom is -0.479 e. The Kier molecular flexibility index (Phi) is 3.95. The lowest BCUT2D eigenvalue weighted by Crippen LogP contribution is -2.21. The molecule has 0 rings (SSSR count). The molecule has 10 heavy (non-hydrogen) atoms. The van der Waals surface area contributed by atoms with E-state index >= 15 is 0 Å². The van der Waals surface area contributed by atoms with Gasteiger partial charge >= 0.3 is 5.97 Å². The molecule has 0 spiro atoms. The summed E-state index contributed by atoms with van der Waals surface area (Å²) in [5.74, 6) is -1.47. The Hall–Kier alpha value is -0.640. The van der Waals surface area contributed by atoms with Crippen LogP contribution < -0.4 is 5.73 Å². The molecular formula is C6H12FNO2. The maximum atomic E-state index is 12.3. The molecule has 0 radical (unpaired) electrons. The Morgan fingerprint density at radius 1 is 1.80 bits per heavy atom. The number of carbonyl (C=O) groups is 1. The first-order valence-corrected chi connectivity index (χ1v) is 3.14. The molecule has 60 valence electrons. The number of nitrogens with two attached hydrogens (primary N) is 1. The first-order valence-electron chi connectivity index (χ1n) is 3.14. The molecule has 0 saturated heterocycles. The molecule has 0 saturated carbocycles. The molecule has 3 N–H and O–H groups in total. The average Bonchev–Trinajstić information content (AvgIpc) is 1.87. The van der Waals surface area contributed by atoms with E-state index in [1.165, 1.54) is 0 Å². The van der Waals surface area contributed by atoms with Crippen molar-refractivity contribution in [2.75, 3.05) is 6.54 Å². The molecule has 4 heteroatoms. The van der Waals surface area contributed by atoms with Crippen molar-refractivity contribution in [1.29, 1.82) is 0 Å². The summed E-state index contributed by atoms with van der Waals surface area (Å²) < 4.78 is 12.3. The van der Waals surface area contributed by atoms with E-state index < -0.39 is 12.1 Å². The first-order chi connectivity index (χ1) is 4.57. The number of alkyl halides is 1. The van der Waals surface area contributed by atoms with Gasteiger partial charge in [0.1, 0.15) is 0 Å². The van der Waals surface area contributed by atoms with Gasteiger partial charge in [-0.2, -0.15) is 0 Å². The van der Waals surface area contributed by atoms with Crippen molar-refractivity contribution >= 4 is 5.97 Å². The number of rotatable bonds is 4. The van der Waals surface area contributed by atoms with E-state index in [0.717, 1.165) is 0 Å². The largest absolute Gasteiger partial charge is 0.479 e. The molecule has 0 fully saturated rings. The molecule has 2 atom stereocenters. The van der Waals surface area contributed by atoms with Crippen molar-refractivity contribution in [2.45, 2.75) is 19.5 Å². The van der Waals surface area contributed by atoms with E-state index in [0.29, 0.717) is 6.54 Å². The highest BCUT2D eigenvalue weighted by atomic mass is 19.1. The zero-order valence-corrected chi connectivity index (χ0v) is 5.88. The first kappa shape index (κ1) is 9.36. The van der Waals surface area contributed by atoms with Gasteiger partial charge in [0.05, 0.1) is 0 Å². The van der Waals surface area contributed by atoms with Crippen LogP contribution in [-0.4, -0.2) is 23.8 Å². The number of halogens is 1. The summed E-state index contributed by atoms with van der Waals surface area (Å²) in [5, 5.41) is 8.11. The van der Waals surface area contributed by atoms with Crippen molar-refractivity contribution in [3.8, 4) is 0 Å². The van der Waals surface area contributed by atoms with E-state index in [4.69, 9.17) is 10.8 Å². The maximum absolute atomic E-state index is 12.3. The van der Waals surface area contributed by atoms with Gasteiger partial charge in [-0.25, -0.2) is 9.18 Å². The van der Waals surface area contributed by atoms with Crippen LogP contribution in [0.15, 0.2) is 0 Å². The summed E-state index contributed by atoms with van der Waals surface area (Å²) in [4.78, 5) is 9.93. The van der Waals surface area contributed by atoms with Gasteiger partial charge in [-0.15, -0.1) is 0 Å². The lowest BCUT2D eigenvalue weighted by Gasteiger charge is -2.07. The predicted octanol–water partition coefficient (Wildman–Crippen LogP) is 0.394. The summed E-state index contributed by atoms with van der Waals surface area (Å²) in [5.41, 5.74) is 5.16. The van der Waals surface area contributed by atoms with Crippen LogP contribution in [0.5, 0.6) is 0 Å². The number of hydrogen-bond acceptors (Lipinski definition) is 2. The molecule has 0 bridgehead atoms. The Labute approximate surface area is 59.0 Å². The Bertz CT molecular complexity index is 118. The second kappa shape index (κ2) is 4.22. The van der Waals surface area contributed by atoms with Crippen LogP contribution in [0.1, 0.15) is 13.3 Å². The Morgan fingerprint density at radius 3 is 2.60 bits per heavy atom. The third kappa shape index (κ3) is 3.40. The lowest BCUT2D eigenvalue weighted by molar-refractivity contribution is -0.143. The maximum Gasteiger partial charge on any atom is 0.338 e. The van der Waals surface area contributed by atoms with Gasteiger partial charge in [0, 0.05) is 0 Å². The zero-order chi connectivity index (χ0) is 8.15. The fraction of sp³-hybridized carbons (Fsp3) is 0.833. The SMILES string of the molecule is CC(CN)CC(F)C(=O)O. The molecule has 0 aliphatic heterocycles. The van der Waals surface area contributed by atoms with Crippen LogP contribution in [0.2, 0.25) is 0 Å². The topological polar surface area (TPSA) is 63.3 Å². The minimum absolute atomic E-state index is 0.00579. The van der Waals surface area contributed by atoms with Gasteiger partial charge in [0.2, 0.25) is 0 Å². The molecule has 0 aliphatic carbocycles. The van der Waals surface area contributed by atoms with E-state index in [2.05, 4.69) is 0 Å². The van der Waals surface area contributed by atoms with Gasteiger partial charge in [0.25, 0.3) is 0 Å². The second-order valence-electron chi connectivity index (χ2n) is 2.38. The summed E-state index contributed by atoms with van der Waals surface area (Å²) >= 11 is 0. The standard InChI is InChI=1S/C6H12FNO2/c1-4(3-8)2-5(7)6(9)10/h4-5H,2-3,8H2,1H3,(H,9,10). The van der Waals surface area contributed by atoms with Crippen molar-refractivity contribution in [2.24, 2.45) is 11.7 Å². The van der Waals surface area contributed by atoms with Crippen LogP contribution in [0.3, 0.4) is 0 Å². The van der Waals surface area contributed by atoms with Crippen LogP contribution in [0.4, 0.5) is 4.39 Å². The minimum atomic E-state index is -1.77. The molecule has 0 amide bonds. The summed E-state index contributed by atoms with van der Waals surface area (Å²) in [7, 11) is 0. The van der Waals surface area contributed by atoms with E-state index in [1.54, 1.807) is 6.92 Å². The smallest absolute Gasteiger partial charge is 0.338 e. The van der Waals surface area contributed by atoms with Gasteiger partial charge in [-0.1, -0.05) is 6.92 Å². The van der Waals surface area contributed by atoms with Crippen molar-refractivity contribution < 1.29 is 14.3 Å². The normalized spacial score (nSPS) is 16.3. The zero-order valence-electron chi connectivity index (χ0n) is 5.88. The summed E-state index contributed by atoms with van der Waals surface area (Å²) in [6.45, 7) is 2.04. The van der Waals surface area contributed by atoms with Gasteiger partial charge in [-0.3, -0.25) is 0 Å². The third-order valence-corrected chi connectivity index (χ3v) is 1.28. The Balaban J connectivity index is 3.56. The third-order valence-electron chi connectivity index (χ3n) is 1.28. The average molecular weight is 149 g/mol. The molecule has 0 aromatic heterocycles. The van der Waals surface area contributed by atoms with Crippen LogP contribution in [0, 0.1) is 5.92 Å². The predicted molar refractivity (Wildman–Crippen MR) is 35.4 cm³/mol. The van der Waals surface area contributed by atoms with Crippen molar-refractivity contribution in [3.05, 3.63) is 0 Å². The summed E-state index contributed by atoms with van der Waals surface area (Å²) in [6, 6.07) is 0. The molecule has 0 heterocycles. The molecule has 2 unspecified atom stereocenters. The monoisotopic (exact) mass is 149 g/mol. The highest BCUT2D eigenvalue weighted by Crippen LogP contribution is 2.07. The molecule has 0 aromatic carbocycles. The second-order valence-corrected chi connectivity index (χ2v) is 2.38. The van der Waals surface area contributed by atoms with Gasteiger partial charge in [0.15, 0.2) is 6.17 Å². The number of carboxylic acid groups (broad SMARTS) is 1. The Morgan fingerprint density at radius 2 is 2.30 bits per heavy atom. The number of carboxylic acids is 1. The van der Waals surface area contributed by atoms with Crippen molar-refractivity contribution in [3.63, 3.8) is 0 Å². The summed E-state index contributed by atoms with van der Waals surface area (Å²) in [6.07, 6.45) is -1.76. The van der Waals surface area contributed by atoms with Gasteiger partial charge in [-0.05, 0) is 18.9 Å². The fourth-order valence-electron chi connectivity index (χ4n) is 0.550. The van der Waals surface area contributed by atoms with Crippen LogP contribution in [-0.2, 0) is 4.79 Å². The molecule has 3 nitrogen and oxygen atoms in total. The van der Waals surface area contributed by atoms with E-state index in [-0.39, 0.29) is 12.3 Å². The van der Waals surface area contributed by atoms with E-state index in [9.17, 15) is 9.18 Å². The quantitative estimate of drug-likeness (QED) is 0.608. The van der Waals surface area contributed by atoms with Crippen LogP contribution in [0.25, 0.3) is 0 Å². The fourth-order valence-corrected chi connectivity index (χ4v) is 0.550. The highest BCUT2D eigenvalue weighted by Gasteiger charge is 2.17. The molecule has 0 aliphatic rings. The van der Waals surface area contributed by atoms with E-state index in [1.807, 2.05) is 0 Å². The highest BCUT2D eigenvalue weighted by molar-refractivity contribution is 5.71. The molecular weight excluding hydrogens is 137 g/mol. The number of aliphatic carboxylic acids is 1. The lowest BCUT2D eigenvalue weighted by atomic mass is 10.1. The molecule has 0 aromatic rings. The van der Waals surface area contributed by atoms with Gasteiger partial charge < -0.3 is 10.8 Å². The van der Waals surface area contributed by atoms with Crippen LogP contribution >= 0.6 is 0 Å². The number of hydrogen-bond donors (Lipinski definition) is 2.